The Bertz CT molecular complexity index is 809. The van der Waals surface area contributed by atoms with Crippen LogP contribution in [0.1, 0.15) is 12.0 Å². The van der Waals surface area contributed by atoms with Crippen molar-refractivity contribution in [3.05, 3.63) is 58.9 Å². The highest BCUT2D eigenvalue weighted by Crippen LogP contribution is 2.28. The second-order valence-corrected chi connectivity index (χ2v) is 6.24. The molecule has 1 fully saturated rings. The molecule has 4 nitrogen and oxygen atoms in total. The lowest BCUT2D eigenvalue weighted by atomic mass is 10.1. The fourth-order valence-electron chi connectivity index (χ4n) is 2.75. The van der Waals surface area contributed by atoms with Gasteiger partial charge in [0, 0.05) is 23.7 Å². The molecule has 1 N–H and O–H groups in total. The standard InChI is InChI=1S/C18H16ClFN2O2/c1-11-6-7-13(19)9-15(11)21-18(24)12-8-17(23)22(10-12)16-5-3-2-4-14(16)20/h2-7,9,12H,8,10H2,1H3,(H,21,24). The molecule has 2 amide bonds. The molecule has 24 heavy (non-hydrogen) atoms. The van der Waals surface area contributed by atoms with Gasteiger partial charge in [-0.1, -0.05) is 29.8 Å². The summed E-state index contributed by atoms with van der Waals surface area (Å²) in [5.74, 6) is -1.54. The quantitative estimate of drug-likeness (QED) is 0.919. The number of rotatable bonds is 3. The maximum atomic E-state index is 13.9. The van der Waals surface area contributed by atoms with Crippen LogP contribution < -0.4 is 10.2 Å². The number of aryl methyl sites for hydroxylation is 1. The van der Waals surface area contributed by atoms with Crippen LogP contribution in [0.25, 0.3) is 0 Å². The van der Waals surface area contributed by atoms with Gasteiger partial charge in [0.2, 0.25) is 11.8 Å². The maximum absolute atomic E-state index is 13.9. The smallest absolute Gasteiger partial charge is 0.229 e. The summed E-state index contributed by atoms with van der Waals surface area (Å²) in [6, 6.07) is 11.3. The molecular formula is C18H16ClFN2O2. The van der Waals surface area contributed by atoms with Crippen molar-refractivity contribution in [1.82, 2.24) is 0 Å². The Labute approximate surface area is 144 Å². The summed E-state index contributed by atoms with van der Waals surface area (Å²) in [4.78, 5) is 26.0. The van der Waals surface area contributed by atoms with Gasteiger partial charge in [0.25, 0.3) is 0 Å². The van der Waals surface area contributed by atoms with Crippen molar-refractivity contribution >= 4 is 34.8 Å². The first-order chi connectivity index (χ1) is 11.5. The van der Waals surface area contributed by atoms with Crippen molar-refractivity contribution in [2.24, 2.45) is 5.92 Å². The first-order valence-electron chi connectivity index (χ1n) is 7.57. The molecule has 1 unspecified atom stereocenters. The Morgan fingerprint density at radius 2 is 2.04 bits per heavy atom. The zero-order valence-electron chi connectivity index (χ0n) is 13.1. The first-order valence-corrected chi connectivity index (χ1v) is 7.95. The number of hydrogen-bond acceptors (Lipinski definition) is 2. The van der Waals surface area contributed by atoms with E-state index in [1.807, 2.05) is 13.0 Å². The molecule has 0 aliphatic carbocycles. The van der Waals surface area contributed by atoms with Gasteiger partial charge in [-0.2, -0.15) is 0 Å². The molecule has 6 heteroatoms. The molecular weight excluding hydrogens is 331 g/mol. The lowest BCUT2D eigenvalue weighted by molar-refractivity contribution is -0.122. The van der Waals surface area contributed by atoms with Crippen molar-refractivity contribution in [3.8, 4) is 0 Å². The van der Waals surface area contributed by atoms with Crippen LogP contribution in [0, 0.1) is 18.7 Å². The number of para-hydroxylation sites is 1. The maximum Gasteiger partial charge on any atom is 0.229 e. The number of halogens is 2. The molecule has 1 saturated heterocycles. The lowest BCUT2D eigenvalue weighted by Crippen LogP contribution is -2.28. The van der Waals surface area contributed by atoms with E-state index >= 15 is 0 Å². The van der Waals surface area contributed by atoms with Crippen molar-refractivity contribution in [1.29, 1.82) is 0 Å². The second kappa shape index (κ2) is 6.61. The Morgan fingerprint density at radius 1 is 1.29 bits per heavy atom. The molecule has 0 saturated carbocycles. The molecule has 1 atom stereocenters. The SMILES string of the molecule is Cc1ccc(Cl)cc1NC(=O)C1CC(=O)N(c2ccccc2F)C1. The van der Waals surface area contributed by atoms with Crippen LogP contribution in [0.2, 0.25) is 5.02 Å². The zero-order chi connectivity index (χ0) is 17.3. The number of anilines is 2. The Morgan fingerprint density at radius 3 is 2.79 bits per heavy atom. The molecule has 0 spiro atoms. The predicted molar refractivity (Wildman–Crippen MR) is 91.7 cm³/mol. The van der Waals surface area contributed by atoms with Gasteiger partial charge in [-0.25, -0.2) is 4.39 Å². The molecule has 0 bridgehead atoms. The van der Waals surface area contributed by atoms with Crippen molar-refractivity contribution < 1.29 is 14.0 Å². The van der Waals surface area contributed by atoms with Crippen LogP contribution in [0.3, 0.4) is 0 Å². The summed E-state index contributed by atoms with van der Waals surface area (Å²) < 4.78 is 13.9. The highest BCUT2D eigenvalue weighted by atomic mass is 35.5. The molecule has 3 rings (SSSR count). The van der Waals surface area contributed by atoms with Crippen LogP contribution in [-0.4, -0.2) is 18.4 Å². The molecule has 1 heterocycles. The van der Waals surface area contributed by atoms with Crippen LogP contribution in [0.15, 0.2) is 42.5 Å². The second-order valence-electron chi connectivity index (χ2n) is 5.81. The van der Waals surface area contributed by atoms with Gasteiger partial charge in [-0.05, 0) is 36.8 Å². The van der Waals surface area contributed by atoms with E-state index in [0.29, 0.717) is 10.7 Å². The summed E-state index contributed by atoms with van der Waals surface area (Å²) in [6.45, 7) is 2.02. The Balaban J connectivity index is 1.75. The van der Waals surface area contributed by atoms with Gasteiger partial charge in [0.15, 0.2) is 0 Å². The van der Waals surface area contributed by atoms with E-state index in [1.54, 1.807) is 24.3 Å². The number of amides is 2. The van der Waals surface area contributed by atoms with E-state index in [1.165, 1.54) is 17.0 Å². The van der Waals surface area contributed by atoms with Gasteiger partial charge < -0.3 is 10.2 Å². The number of hydrogen-bond donors (Lipinski definition) is 1. The average Bonchev–Trinajstić information content (AvgIpc) is 2.93. The molecule has 0 aromatic heterocycles. The van der Waals surface area contributed by atoms with E-state index in [-0.39, 0.29) is 30.5 Å². The molecule has 124 valence electrons. The Hall–Kier alpha value is -2.40. The van der Waals surface area contributed by atoms with Crippen LogP contribution >= 0.6 is 11.6 Å². The number of benzene rings is 2. The fraction of sp³-hybridized carbons (Fsp3) is 0.222. The average molecular weight is 347 g/mol. The van der Waals surface area contributed by atoms with Crippen molar-refractivity contribution in [2.75, 3.05) is 16.8 Å². The number of carbonyl (C=O) groups excluding carboxylic acids is 2. The van der Waals surface area contributed by atoms with E-state index < -0.39 is 11.7 Å². The van der Waals surface area contributed by atoms with Gasteiger partial charge in [0.05, 0.1) is 11.6 Å². The molecule has 1 aliphatic heterocycles. The van der Waals surface area contributed by atoms with E-state index in [2.05, 4.69) is 5.32 Å². The number of nitrogens with one attached hydrogen (secondary N) is 1. The Kier molecular flexibility index (Phi) is 4.53. The van der Waals surface area contributed by atoms with Gasteiger partial charge in [0.1, 0.15) is 5.82 Å². The molecule has 1 aliphatic rings. The van der Waals surface area contributed by atoms with Crippen molar-refractivity contribution in [2.45, 2.75) is 13.3 Å². The number of nitrogens with zero attached hydrogens (tertiary/aromatic N) is 1. The minimum absolute atomic E-state index is 0.0553. The fourth-order valence-corrected chi connectivity index (χ4v) is 2.92. The van der Waals surface area contributed by atoms with Crippen molar-refractivity contribution in [3.63, 3.8) is 0 Å². The minimum Gasteiger partial charge on any atom is -0.325 e. The topological polar surface area (TPSA) is 49.4 Å². The van der Waals surface area contributed by atoms with E-state index in [4.69, 9.17) is 11.6 Å². The third-order valence-corrected chi connectivity index (χ3v) is 4.33. The summed E-state index contributed by atoms with van der Waals surface area (Å²) in [5.41, 5.74) is 1.70. The summed E-state index contributed by atoms with van der Waals surface area (Å²) in [5, 5.41) is 3.32. The predicted octanol–water partition coefficient (Wildman–Crippen LogP) is 3.78. The molecule has 0 radical (unpaired) electrons. The van der Waals surface area contributed by atoms with Crippen LogP contribution in [0.5, 0.6) is 0 Å². The van der Waals surface area contributed by atoms with E-state index in [9.17, 15) is 14.0 Å². The number of carbonyl (C=O) groups is 2. The van der Waals surface area contributed by atoms with Gasteiger partial charge in [-0.3, -0.25) is 9.59 Å². The van der Waals surface area contributed by atoms with Gasteiger partial charge >= 0.3 is 0 Å². The third-order valence-electron chi connectivity index (χ3n) is 4.10. The highest BCUT2D eigenvalue weighted by molar-refractivity contribution is 6.31. The molecule has 2 aromatic rings. The largest absolute Gasteiger partial charge is 0.325 e. The summed E-state index contributed by atoms with van der Waals surface area (Å²) >= 11 is 5.95. The summed E-state index contributed by atoms with van der Waals surface area (Å²) in [7, 11) is 0. The molecule has 2 aromatic carbocycles. The van der Waals surface area contributed by atoms with Gasteiger partial charge in [-0.15, -0.1) is 0 Å². The summed E-state index contributed by atoms with van der Waals surface area (Å²) in [6.07, 6.45) is 0.0553. The van der Waals surface area contributed by atoms with E-state index in [0.717, 1.165) is 5.56 Å². The highest BCUT2D eigenvalue weighted by Gasteiger charge is 2.36. The van der Waals surface area contributed by atoms with Crippen LogP contribution in [-0.2, 0) is 9.59 Å². The normalized spacial score (nSPS) is 17.2. The minimum atomic E-state index is -0.532. The monoisotopic (exact) mass is 346 g/mol. The zero-order valence-corrected chi connectivity index (χ0v) is 13.8. The third kappa shape index (κ3) is 3.26. The lowest BCUT2D eigenvalue weighted by Gasteiger charge is -2.17. The van der Waals surface area contributed by atoms with Crippen LogP contribution in [0.4, 0.5) is 15.8 Å². The first kappa shape index (κ1) is 16.5.